The molecular weight excluding hydrogens is 344 g/mol. The van der Waals surface area contributed by atoms with E-state index in [1.165, 1.54) is 0 Å². The van der Waals surface area contributed by atoms with E-state index in [2.05, 4.69) is 0 Å². The third kappa shape index (κ3) is 2.23. The molecule has 5 nitrogen and oxygen atoms in total. The van der Waals surface area contributed by atoms with Gasteiger partial charge in [0.2, 0.25) is 0 Å². The lowest BCUT2D eigenvalue weighted by atomic mass is 9.65. The maximum absolute atomic E-state index is 13.1. The highest BCUT2D eigenvalue weighted by molar-refractivity contribution is 5.88. The number of carbonyl (C=O) groups excluding carboxylic acids is 1. The third-order valence-corrected chi connectivity index (χ3v) is 7.60. The Hall–Kier alpha value is -1.27. The van der Waals surface area contributed by atoms with Crippen LogP contribution in [0, 0.1) is 29.6 Å². The van der Waals surface area contributed by atoms with E-state index >= 15 is 0 Å². The lowest BCUT2D eigenvalue weighted by Gasteiger charge is -2.42. The molecule has 0 amide bonds. The first kappa shape index (κ1) is 17.8. The second-order valence-corrected chi connectivity index (χ2v) is 8.90. The van der Waals surface area contributed by atoms with Crippen molar-refractivity contribution in [1.29, 1.82) is 0 Å². The van der Waals surface area contributed by atoms with E-state index < -0.39 is 17.5 Å². The van der Waals surface area contributed by atoms with Crippen molar-refractivity contribution < 1.29 is 24.1 Å². The van der Waals surface area contributed by atoms with Crippen molar-refractivity contribution in [3.63, 3.8) is 0 Å². The Morgan fingerprint density at radius 2 is 2.00 bits per heavy atom. The van der Waals surface area contributed by atoms with Crippen molar-refractivity contribution in [2.45, 2.75) is 57.4 Å². The van der Waals surface area contributed by atoms with Crippen LogP contribution in [-0.4, -0.2) is 41.1 Å². The first-order chi connectivity index (χ1) is 12.9. The van der Waals surface area contributed by atoms with Gasteiger partial charge in [-0.3, -0.25) is 4.79 Å². The van der Waals surface area contributed by atoms with Gasteiger partial charge in [0.05, 0.1) is 18.3 Å². The second kappa shape index (κ2) is 5.86. The summed E-state index contributed by atoms with van der Waals surface area (Å²) in [7, 11) is 0. The van der Waals surface area contributed by atoms with Crippen molar-refractivity contribution in [2.24, 2.45) is 29.6 Å². The summed E-state index contributed by atoms with van der Waals surface area (Å²) in [6.45, 7) is 6.78. The van der Waals surface area contributed by atoms with Crippen molar-refractivity contribution in [1.82, 2.24) is 0 Å². The zero-order valence-electron chi connectivity index (χ0n) is 16.1. The number of ketones is 1. The van der Waals surface area contributed by atoms with Gasteiger partial charge in [-0.2, -0.15) is 0 Å². The van der Waals surface area contributed by atoms with Crippen LogP contribution in [0.5, 0.6) is 0 Å². The number of aliphatic hydroxyl groups is 1. The second-order valence-electron chi connectivity index (χ2n) is 8.90. The maximum Gasteiger partial charge on any atom is 0.175 e. The predicted octanol–water partition coefficient (Wildman–Crippen LogP) is 2.56. The highest BCUT2D eigenvalue weighted by Crippen LogP contribution is 2.71. The Morgan fingerprint density at radius 3 is 2.70 bits per heavy atom. The first-order valence-corrected chi connectivity index (χ1v) is 10.1. The van der Waals surface area contributed by atoms with E-state index in [0.29, 0.717) is 19.6 Å². The smallest absolute Gasteiger partial charge is 0.175 e. The number of hydrogen-bond acceptors (Lipinski definition) is 5. The summed E-state index contributed by atoms with van der Waals surface area (Å²) >= 11 is 0. The molecule has 146 valence electrons. The van der Waals surface area contributed by atoms with Gasteiger partial charge >= 0.3 is 0 Å². The maximum atomic E-state index is 13.1. The molecule has 0 aromatic heterocycles. The average molecular weight is 372 g/mol. The molecule has 4 fully saturated rings. The molecule has 27 heavy (non-hydrogen) atoms. The lowest BCUT2D eigenvalue weighted by molar-refractivity contribution is -0.240. The third-order valence-electron chi connectivity index (χ3n) is 7.60. The Kier molecular flexibility index (Phi) is 3.87. The summed E-state index contributed by atoms with van der Waals surface area (Å²) in [5, 5.41) is 11.4. The van der Waals surface area contributed by atoms with Crippen LogP contribution in [0.4, 0.5) is 0 Å². The van der Waals surface area contributed by atoms with E-state index in [1.54, 1.807) is 0 Å². The molecule has 0 spiro atoms. The molecule has 3 saturated carbocycles. The minimum Gasteiger partial charge on any atom is -0.389 e. The number of ether oxygens (including phenoxy) is 3. The van der Waals surface area contributed by atoms with Crippen LogP contribution in [0.2, 0.25) is 0 Å². The molecule has 3 aliphatic carbocycles. The lowest BCUT2D eigenvalue weighted by Crippen LogP contribution is -2.52. The topological polar surface area (TPSA) is 65.0 Å². The quantitative estimate of drug-likeness (QED) is 0.861. The minimum absolute atomic E-state index is 0.0187. The average Bonchev–Trinajstić information content (AvgIpc) is 3.14. The molecule has 1 heterocycles. The van der Waals surface area contributed by atoms with Gasteiger partial charge in [0.1, 0.15) is 6.10 Å². The summed E-state index contributed by atoms with van der Waals surface area (Å²) in [6.07, 6.45) is -0.0275. The van der Waals surface area contributed by atoms with Crippen LogP contribution in [0.1, 0.15) is 32.8 Å². The summed E-state index contributed by atoms with van der Waals surface area (Å²) < 4.78 is 18.7. The zero-order chi connectivity index (χ0) is 19.0. The molecule has 2 bridgehead atoms. The monoisotopic (exact) mass is 372 g/mol. The Bertz CT molecular complexity index is 746. The predicted molar refractivity (Wildman–Crippen MR) is 97.6 cm³/mol. The summed E-state index contributed by atoms with van der Waals surface area (Å²) in [5.41, 5.74) is 0.207. The number of fused-ring (bicyclic) bond motifs is 2. The number of benzene rings is 1. The molecular formula is C22H28O5. The fourth-order valence-electron chi connectivity index (χ4n) is 6.71. The van der Waals surface area contributed by atoms with Crippen molar-refractivity contribution in [3.8, 4) is 0 Å². The number of Topliss-reactive ketones (excluding diaryl/α,β-unsaturated/α-hetero) is 1. The highest BCUT2D eigenvalue weighted by atomic mass is 16.7. The van der Waals surface area contributed by atoms with Gasteiger partial charge in [0.25, 0.3) is 0 Å². The van der Waals surface area contributed by atoms with Gasteiger partial charge in [-0.05, 0) is 31.2 Å². The van der Waals surface area contributed by atoms with E-state index in [1.807, 2.05) is 51.1 Å². The Balaban J connectivity index is 1.48. The van der Waals surface area contributed by atoms with Crippen LogP contribution < -0.4 is 0 Å². The molecule has 5 rings (SSSR count). The van der Waals surface area contributed by atoms with E-state index in [4.69, 9.17) is 14.2 Å². The van der Waals surface area contributed by atoms with Crippen molar-refractivity contribution in [2.75, 3.05) is 6.61 Å². The van der Waals surface area contributed by atoms with Crippen LogP contribution in [0.15, 0.2) is 30.3 Å². The fraction of sp³-hybridized carbons (Fsp3) is 0.682. The number of rotatable bonds is 5. The molecule has 9 atom stereocenters. The van der Waals surface area contributed by atoms with Crippen LogP contribution in [-0.2, 0) is 25.6 Å². The van der Waals surface area contributed by atoms with Crippen LogP contribution in [0.3, 0.4) is 0 Å². The molecule has 0 radical (unpaired) electrons. The zero-order valence-corrected chi connectivity index (χ0v) is 16.1. The molecule has 4 aliphatic rings. The van der Waals surface area contributed by atoms with Crippen LogP contribution in [0.25, 0.3) is 0 Å². The number of carbonyl (C=O) groups is 1. The molecule has 1 saturated heterocycles. The Morgan fingerprint density at radius 1 is 1.26 bits per heavy atom. The summed E-state index contributed by atoms with van der Waals surface area (Å²) in [5.74, 6) is -0.980. The minimum atomic E-state index is -0.891. The standard InChI is InChI=1S/C22H28O5/c1-4-26-22-10-14-15-16(20(22)21(14,3)24)19(27-22)17(23)12(2)18(15)25-11-13-8-6-5-7-9-13/h5-9,12,14-16,18-20,24H,4,10-11H2,1-3H3/t12-,14+,15-,16+,18+,19+,20-,21?,22+/m0/s1. The molecule has 1 aromatic rings. The van der Waals surface area contributed by atoms with Gasteiger partial charge in [-0.15, -0.1) is 0 Å². The molecule has 5 heteroatoms. The van der Waals surface area contributed by atoms with Gasteiger partial charge in [-0.25, -0.2) is 0 Å². The van der Waals surface area contributed by atoms with Crippen molar-refractivity contribution in [3.05, 3.63) is 35.9 Å². The first-order valence-electron chi connectivity index (χ1n) is 10.1. The summed E-state index contributed by atoms with van der Waals surface area (Å²) in [4.78, 5) is 13.1. The van der Waals surface area contributed by atoms with Crippen molar-refractivity contribution >= 4 is 5.78 Å². The number of hydrogen-bond donors (Lipinski definition) is 1. The molecule has 1 N–H and O–H groups in total. The molecule has 1 aliphatic heterocycles. The SMILES string of the molecule is CCO[C@]12C[C@@H]3[C@@H]4[C@H](OCc5ccccc5)[C@@H](C)C(=O)[C@H](O1)[C@@H]4[C@H]2C3(C)O. The van der Waals surface area contributed by atoms with Crippen LogP contribution >= 0.6 is 0 Å². The van der Waals surface area contributed by atoms with E-state index in [-0.39, 0.29) is 41.5 Å². The highest BCUT2D eigenvalue weighted by Gasteiger charge is 2.81. The molecule has 1 aromatic carbocycles. The van der Waals surface area contributed by atoms with Gasteiger partial charge < -0.3 is 19.3 Å². The van der Waals surface area contributed by atoms with Gasteiger partial charge in [0, 0.05) is 30.8 Å². The van der Waals surface area contributed by atoms with Gasteiger partial charge in [0.15, 0.2) is 11.6 Å². The fourth-order valence-corrected chi connectivity index (χ4v) is 6.71. The van der Waals surface area contributed by atoms with E-state index in [9.17, 15) is 9.90 Å². The van der Waals surface area contributed by atoms with Gasteiger partial charge in [-0.1, -0.05) is 37.3 Å². The Labute approximate surface area is 160 Å². The molecule has 1 unspecified atom stereocenters. The largest absolute Gasteiger partial charge is 0.389 e. The summed E-state index contributed by atoms with van der Waals surface area (Å²) in [6, 6.07) is 10.0. The normalized spacial score (nSPS) is 49.8. The van der Waals surface area contributed by atoms with E-state index in [0.717, 1.165) is 5.56 Å².